The molecule has 0 saturated carbocycles. The van der Waals surface area contributed by atoms with E-state index in [1.807, 2.05) is 0 Å². The monoisotopic (exact) mass is 240 g/mol. The molecule has 1 rings (SSSR count). The first-order valence-corrected chi connectivity index (χ1v) is 3.90. The van der Waals surface area contributed by atoms with Crippen molar-refractivity contribution < 1.29 is 26.8 Å². The molecule has 0 atom stereocenters. The molecule has 3 nitrogen and oxygen atoms in total. The number of alkyl halides is 3. The van der Waals surface area contributed by atoms with Crippen molar-refractivity contribution in [3.8, 4) is 0 Å². The smallest absolute Gasteiger partial charge is 0.263 e. The standard InChI is InChI=1S/C8H5F5N2O/c9-5-1-3-6(4-2-5)15(13)14-7(16)8(10,11)12/h1-4H,(H,14,16). The van der Waals surface area contributed by atoms with Gasteiger partial charge in [0.15, 0.2) is 0 Å². The van der Waals surface area contributed by atoms with Gasteiger partial charge < -0.3 is 0 Å². The summed E-state index contributed by atoms with van der Waals surface area (Å²) in [5, 5.41) is -0.644. The first kappa shape index (κ1) is 12.2. The zero-order valence-corrected chi connectivity index (χ0v) is 7.55. The fraction of sp³-hybridized carbons (Fsp3) is 0.125. The van der Waals surface area contributed by atoms with E-state index < -0.39 is 28.8 Å². The zero-order valence-electron chi connectivity index (χ0n) is 7.55. The average Bonchev–Trinajstić information content (AvgIpc) is 2.17. The van der Waals surface area contributed by atoms with E-state index >= 15 is 0 Å². The molecule has 1 aromatic rings. The number of rotatable bonds is 2. The maximum absolute atomic E-state index is 12.9. The van der Waals surface area contributed by atoms with Crippen molar-refractivity contribution in [3.63, 3.8) is 0 Å². The molecule has 16 heavy (non-hydrogen) atoms. The van der Waals surface area contributed by atoms with Crippen molar-refractivity contribution in [2.45, 2.75) is 6.18 Å². The minimum absolute atomic E-state index is 0.431. The van der Waals surface area contributed by atoms with Gasteiger partial charge in [-0.25, -0.2) is 9.82 Å². The topological polar surface area (TPSA) is 32.3 Å². The summed E-state index contributed by atoms with van der Waals surface area (Å²) in [6.07, 6.45) is -5.19. The van der Waals surface area contributed by atoms with Gasteiger partial charge in [0, 0.05) is 0 Å². The van der Waals surface area contributed by atoms with E-state index in [1.54, 1.807) is 0 Å². The number of benzene rings is 1. The second-order valence-electron chi connectivity index (χ2n) is 2.70. The molecular formula is C8H5F5N2O. The molecule has 1 amide bonds. The van der Waals surface area contributed by atoms with Gasteiger partial charge in [-0.3, -0.25) is 4.79 Å². The van der Waals surface area contributed by atoms with Gasteiger partial charge in [-0.1, -0.05) is 4.48 Å². The number of nitrogens with one attached hydrogen (secondary N) is 1. The number of halogens is 5. The second kappa shape index (κ2) is 4.33. The number of hydrazine groups is 1. The van der Waals surface area contributed by atoms with Crippen LogP contribution in [0, 0.1) is 5.82 Å². The summed E-state index contributed by atoms with van der Waals surface area (Å²) < 4.78 is 60.5. The minimum Gasteiger partial charge on any atom is -0.263 e. The van der Waals surface area contributed by atoms with Gasteiger partial charge in [0.05, 0.1) is 5.69 Å². The molecule has 0 saturated heterocycles. The molecule has 0 fully saturated rings. The highest BCUT2D eigenvalue weighted by molar-refractivity contribution is 5.82. The maximum atomic E-state index is 12.9. The van der Waals surface area contributed by atoms with E-state index in [0.717, 1.165) is 29.7 Å². The average molecular weight is 240 g/mol. The lowest BCUT2D eigenvalue weighted by Gasteiger charge is -2.15. The van der Waals surface area contributed by atoms with Crippen LogP contribution in [0.1, 0.15) is 0 Å². The molecule has 0 radical (unpaired) electrons. The normalized spacial score (nSPS) is 11.1. The lowest BCUT2D eigenvalue weighted by molar-refractivity contribution is -0.174. The minimum atomic E-state index is -5.19. The van der Waals surface area contributed by atoms with Crippen LogP contribution in [0.3, 0.4) is 0 Å². The Bertz CT molecular complexity index is 375. The molecule has 88 valence electrons. The molecule has 1 aromatic carbocycles. The van der Waals surface area contributed by atoms with E-state index in [2.05, 4.69) is 0 Å². The third kappa shape index (κ3) is 3.07. The van der Waals surface area contributed by atoms with Gasteiger partial charge in [0.25, 0.3) is 0 Å². The molecule has 0 aliphatic heterocycles. The van der Waals surface area contributed by atoms with E-state index in [4.69, 9.17) is 0 Å². The fourth-order valence-electron chi connectivity index (χ4n) is 0.789. The van der Waals surface area contributed by atoms with Crippen molar-refractivity contribution in [2.75, 3.05) is 5.23 Å². The summed E-state index contributed by atoms with van der Waals surface area (Å²) in [4.78, 5) is 10.3. The molecule has 0 heterocycles. The number of carbonyl (C=O) groups excluding carboxylic acids is 1. The van der Waals surface area contributed by atoms with Crippen LogP contribution in [0.2, 0.25) is 0 Å². The number of hydrogen-bond acceptors (Lipinski definition) is 2. The Morgan fingerprint density at radius 1 is 1.19 bits per heavy atom. The maximum Gasteiger partial charge on any atom is 0.473 e. The lowest BCUT2D eigenvalue weighted by Crippen LogP contribution is -2.44. The van der Waals surface area contributed by atoms with Gasteiger partial charge in [-0.05, 0) is 24.3 Å². The van der Waals surface area contributed by atoms with Crippen molar-refractivity contribution in [1.82, 2.24) is 5.43 Å². The van der Waals surface area contributed by atoms with Crippen molar-refractivity contribution in [3.05, 3.63) is 30.1 Å². The third-order valence-electron chi connectivity index (χ3n) is 1.51. The van der Waals surface area contributed by atoms with Crippen LogP contribution < -0.4 is 10.7 Å². The number of nitrogens with zero attached hydrogens (tertiary/aromatic N) is 1. The Hall–Kier alpha value is -1.86. The molecule has 1 N–H and O–H groups in total. The highest BCUT2D eigenvalue weighted by atomic mass is 19.4. The van der Waals surface area contributed by atoms with Crippen LogP contribution in [0.15, 0.2) is 24.3 Å². The molecule has 8 heteroatoms. The van der Waals surface area contributed by atoms with Crippen LogP contribution in [0.4, 0.5) is 27.7 Å². The molecule has 0 unspecified atom stereocenters. The van der Waals surface area contributed by atoms with Crippen LogP contribution in [-0.2, 0) is 4.79 Å². The van der Waals surface area contributed by atoms with Gasteiger partial charge in [0.2, 0.25) is 0 Å². The quantitative estimate of drug-likeness (QED) is 0.487. The Morgan fingerprint density at radius 2 is 1.69 bits per heavy atom. The molecule has 0 aliphatic rings. The van der Waals surface area contributed by atoms with Gasteiger partial charge in [-0.2, -0.15) is 13.2 Å². The fourth-order valence-corrected chi connectivity index (χ4v) is 0.789. The van der Waals surface area contributed by atoms with Gasteiger partial charge >= 0.3 is 12.1 Å². The van der Waals surface area contributed by atoms with E-state index in [1.165, 1.54) is 0 Å². The Kier molecular flexibility index (Phi) is 3.31. The Balaban J connectivity index is 2.69. The summed E-state index contributed by atoms with van der Waals surface area (Å²) in [6.45, 7) is 0. The van der Waals surface area contributed by atoms with Crippen LogP contribution in [-0.4, -0.2) is 12.1 Å². The predicted octanol–water partition coefficient (Wildman–Crippen LogP) is 2.11. The molecule has 0 aromatic heterocycles. The summed E-state index contributed by atoms with van der Waals surface area (Å²) in [5.74, 6) is -3.14. The highest BCUT2D eigenvalue weighted by Crippen LogP contribution is 2.17. The van der Waals surface area contributed by atoms with Crippen molar-refractivity contribution in [1.29, 1.82) is 0 Å². The van der Waals surface area contributed by atoms with Crippen LogP contribution in [0.25, 0.3) is 0 Å². The van der Waals surface area contributed by atoms with E-state index in [9.17, 15) is 26.8 Å². The van der Waals surface area contributed by atoms with Crippen molar-refractivity contribution in [2.24, 2.45) is 0 Å². The zero-order chi connectivity index (χ0) is 12.3. The highest BCUT2D eigenvalue weighted by Gasteiger charge is 2.40. The van der Waals surface area contributed by atoms with Gasteiger partial charge in [-0.15, -0.1) is 5.23 Å². The van der Waals surface area contributed by atoms with E-state index in [-0.39, 0.29) is 0 Å². The molecular weight excluding hydrogens is 235 g/mol. The van der Waals surface area contributed by atoms with Crippen LogP contribution >= 0.6 is 0 Å². The van der Waals surface area contributed by atoms with Crippen LogP contribution in [0.5, 0.6) is 0 Å². The lowest BCUT2D eigenvalue weighted by atomic mass is 10.3. The number of hydrogen-bond donors (Lipinski definition) is 1. The SMILES string of the molecule is O=C(NN(F)c1ccc(F)cc1)C(F)(F)F. The Labute approximate surface area is 86.4 Å². The second-order valence-corrected chi connectivity index (χ2v) is 2.70. The largest absolute Gasteiger partial charge is 0.473 e. The summed E-state index contributed by atoms with van der Waals surface area (Å²) in [6, 6.07) is 3.40. The first-order chi connectivity index (χ1) is 7.30. The Morgan fingerprint density at radius 3 is 2.12 bits per heavy atom. The summed E-state index contributed by atoms with van der Waals surface area (Å²) in [7, 11) is 0. The number of carbonyl (C=O) groups is 1. The third-order valence-corrected chi connectivity index (χ3v) is 1.51. The molecule has 0 spiro atoms. The first-order valence-electron chi connectivity index (χ1n) is 3.90. The molecule has 0 aliphatic carbocycles. The van der Waals surface area contributed by atoms with Crippen molar-refractivity contribution >= 4 is 11.6 Å². The summed E-state index contributed by atoms with van der Waals surface area (Å²) >= 11 is 0. The summed E-state index contributed by atoms with van der Waals surface area (Å²) in [5.41, 5.74) is 0.504. The van der Waals surface area contributed by atoms with Gasteiger partial charge in [0.1, 0.15) is 5.82 Å². The molecule has 0 bridgehead atoms. The number of anilines is 1. The number of amides is 1. The predicted molar refractivity (Wildman–Crippen MR) is 44.2 cm³/mol. The van der Waals surface area contributed by atoms with E-state index in [0.29, 0.717) is 0 Å².